The number of carbonyl (C=O) groups excluding carboxylic acids is 1. The first-order valence-corrected chi connectivity index (χ1v) is 9.18. The fourth-order valence-corrected chi connectivity index (χ4v) is 2.78. The van der Waals surface area contributed by atoms with E-state index in [9.17, 15) is 9.18 Å². The Kier molecular flexibility index (Phi) is 7.44. The second-order valence-electron chi connectivity index (χ2n) is 8.10. The number of aryl methyl sites for hydroxylation is 1. The van der Waals surface area contributed by atoms with Gasteiger partial charge in [0.2, 0.25) is 5.91 Å². The highest BCUT2D eigenvalue weighted by Gasteiger charge is 2.34. The highest BCUT2D eigenvalue weighted by Crippen LogP contribution is 2.32. The van der Waals surface area contributed by atoms with Crippen LogP contribution >= 0.6 is 0 Å². The van der Waals surface area contributed by atoms with Crippen LogP contribution < -0.4 is 4.90 Å². The van der Waals surface area contributed by atoms with Crippen LogP contribution in [0.5, 0.6) is 0 Å². The van der Waals surface area contributed by atoms with Crippen molar-refractivity contribution in [3.05, 3.63) is 29.6 Å². The molecule has 0 heterocycles. The molecule has 0 saturated carbocycles. The van der Waals surface area contributed by atoms with Gasteiger partial charge in [0.05, 0.1) is 5.69 Å². The Morgan fingerprint density at radius 2 is 1.83 bits per heavy atom. The number of nitrogens with zero attached hydrogens (tertiary/aromatic N) is 1. The maximum absolute atomic E-state index is 14.5. The van der Waals surface area contributed by atoms with Gasteiger partial charge in [-0.1, -0.05) is 59.9 Å². The van der Waals surface area contributed by atoms with Gasteiger partial charge in [-0.25, -0.2) is 4.39 Å². The zero-order valence-electron chi connectivity index (χ0n) is 16.4. The van der Waals surface area contributed by atoms with E-state index in [4.69, 9.17) is 0 Å². The first kappa shape index (κ1) is 20.7. The van der Waals surface area contributed by atoms with Crippen LogP contribution in [0.1, 0.15) is 72.8 Å². The Hall–Kier alpha value is -1.38. The van der Waals surface area contributed by atoms with Gasteiger partial charge >= 0.3 is 0 Å². The number of anilines is 1. The first-order chi connectivity index (χ1) is 11.1. The molecule has 136 valence electrons. The maximum Gasteiger partial charge on any atom is 0.230 e. The van der Waals surface area contributed by atoms with Crippen molar-refractivity contribution in [2.75, 3.05) is 4.90 Å². The number of rotatable bonds is 7. The zero-order chi connectivity index (χ0) is 18.5. The van der Waals surface area contributed by atoms with Crippen LogP contribution in [0.3, 0.4) is 0 Å². The average molecular weight is 336 g/mol. The monoisotopic (exact) mass is 335 g/mol. The standard InChI is InChI=1S/C21H34FNO/c1-8-9-10-11-16(3)23(20(24)17(4)21(5,6)7)19-14-15(2)12-13-18(19)22/h12-14,16-17H,8-11H2,1-7H3. The molecule has 0 spiro atoms. The Balaban J connectivity index is 3.21. The molecule has 0 aliphatic heterocycles. The number of hydrogen-bond donors (Lipinski definition) is 0. The van der Waals surface area contributed by atoms with Crippen LogP contribution in [0.25, 0.3) is 0 Å². The summed E-state index contributed by atoms with van der Waals surface area (Å²) < 4.78 is 14.5. The van der Waals surface area contributed by atoms with Crippen LogP contribution in [-0.2, 0) is 4.79 Å². The van der Waals surface area contributed by atoms with E-state index in [0.29, 0.717) is 5.69 Å². The molecule has 2 unspecified atom stereocenters. The molecule has 24 heavy (non-hydrogen) atoms. The van der Waals surface area contributed by atoms with Gasteiger partial charge in [0.1, 0.15) is 5.82 Å². The lowest BCUT2D eigenvalue weighted by atomic mass is 9.81. The second-order valence-corrected chi connectivity index (χ2v) is 8.10. The third kappa shape index (κ3) is 5.32. The smallest absolute Gasteiger partial charge is 0.230 e. The normalized spacial score (nSPS) is 14.3. The highest BCUT2D eigenvalue weighted by atomic mass is 19.1. The third-order valence-electron chi connectivity index (χ3n) is 4.93. The number of carbonyl (C=O) groups is 1. The number of amides is 1. The van der Waals surface area contributed by atoms with Gasteiger partial charge in [0.15, 0.2) is 0 Å². The summed E-state index contributed by atoms with van der Waals surface area (Å²) in [5.41, 5.74) is 1.23. The summed E-state index contributed by atoms with van der Waals surface area (Å²) in [6, 6.07) is 4.99. The van der Waals surface area contributed by atoms with Gasteiger partial charge in [-0.15, -0.1) is 0 Å². The van der Waals surface area contributed by atoms with Crippen molar-refractivity contribution in [3.63, 3.8) is 0 Å². The lowest BCUT2D eigenvalue weighted by molar-refractivity contribution is -0.125. The van der Waals surface area contributed by atoms with Crippen LogP contribution in [0.4, 0.5) is 10.1 Å². The Labute approximate surface area is 147 Å². The Morgan fingerprint density at radius 1 is 1.21 bits per heavy atom. The molecule has 0 bridgehead atoms. The molecule has 1 rings (SSSR count). The number of benzene rings is 1. The Bertz CT molecular complexity index is 547. The van der Waals surface area contributed by atoms with Gasteiger partial charge in [-0.2, -0.15) is 0 Å². The first-order valence-electron chi connectivity index (χ1n) is 9.18. The molecular weight excluding hydrogens is 301 g/mol. The van der Waals surface area contributed by atoms with Crippen molar-refractivity contribution < 1.29 is 9.18 Å². The van der Waals surface area contributed by atoms with Gasteiger partial charge in [-0.3, -0.25) is 4.79 Å². The Morgan fingerprint density at radius 3 is 2.38 bits per heavy atom. The summed E-state index contributed by atoms with van der Waals surface area (Å²) in [5.74, 6) is -0.487. The molecule has 0 saturated heterocycles. The van der Waals surface area contributed by atoms with E-state index >= 15 is 0 Å². The fourth-order valence-electron chi connectivity index (χ4n) is 2.78. The van der Waals surface area contributed by atoms with Crippen molar-refractivity contribution in [2.24, 2.45) is 11.3 Å². The minimum absolute atomic E-state index is 0.00912. The van der Waals surface area contributed by atoms with E-state index in [1.54, 1.807) is 17.0 Å². The molecule has 0 radical (unpaired) electrons. The van der Waals surface area contributed by atoms with Crippen molar-refractivity contribution in [1.29, 1.82) is 0 Å². The molecule has 3 heteroatoms. The van der Waals surface area contributed by atoms with Crippen LogP contribution in [-0.4, -0.2) is 11.9 Å². The molecule has 0 fully saturated rings. The lowest BCUT2D eigenvalue weighted by Crippen LogP contribution is -2.45. The summed E-state index contributed by atoms with van der Waals surface area (Å²) in [4.78, 5) is 14.9. The average Bonchev–Trinajstić information content (AvgIpc) is 2.49. The van der Waals surface area contributed by atoms with Crippen LogP contribution in [0, 0.1) is 24.1 Å². The fraction of sp³-hybridized carbons (Fsp3) is 0.667. The number of halogens is 1. The number of hydrogen-bond acceptors (Lipinski definition) is 1. The van der Waals surface area contributed by atoms with Crippen molar-refractivity contribution in [2.45, 2.75) is 80.2 Å². The van der Waals surface area contributed by atoms with Crippen LogP contribution in [0.15, 0.2) is 18.2 Å². The quantitative estimate of drug-likeness (QED) is 0.550. The van der Waals surface area contributed by atoms with Gasteiger partial charge in [-0.05, 0) is 43.4 Å². The second kappa shape index (κ2) is 8.64. The van der Waals surface area contributed by atoms with E-state index in [-0.39, 0.29) is 29.1 Å². The predicted octanol–water partition coefficient (Wildman–Crippen LogP) is 6.12. The summed E-state index contributed by atoms with van der Waals surface area (Å²) >= 11 is 0. The molecule has 0 aromatic heterocycles. The minimum Gasteiger partial charge on any atom is -0.307 e. The van der Waals surface area contributed by atoms with Crippen molar-refractivity contribution in [3.8, 4) is 0 Å². The molecule has 0 aliphatic rings. The molecule has 1 amide bonds. The van der Waals surface area contributed by atoms with Crippen LogP contribution in [0.2, 0.25) is 0 Å². The summed E-state index contributed by atoms with van der Waals surface area (Å²) in [6.45, 7) is 14.2. The zero-order valence-corrected chi connectivity index (χ0v) is 16.4. The van der Waals surface area contributed by atoms with Gasteiger partial charge in [0.25, 0.3) is 0 Å². The molecule has 2 nitrogen and oxygen atoms in total. The van der Waals surface area contributed by atoms with E-state index in [0.717, 1.165) is 31.2 Å². The molecule has 1 aromatic carbocycles. The summed E-state index contributed by atoms with van der Waals surface area (Å²) in [7, 11) is 0. The number of unbranched alkanes of at least 4 members (excludes halogenated alkanes) is 2. The molecule has 0 aliphatic carbocycles. The topological polar surface area (TPSA) is 20.3 Å². The molecule has 0 N–H and O–H groups in total. The molecule has 2 atom stereocenters. The minimum atomic E-state index is -0.322. The van der Waals surface area contributed by atoms with Crippen molar-refractivity contribution in [1.82, 2.24) is 0 Å². The SMILES string of the molecule is CCCCCC(C)N(C(=O)C(C)C(C)(C)C)c1cc(C)ccc1F. The molecular formula is C21H34FNO. The van der Waals surface area contributed by atoms with Gasteiger partial charge in [0, 0.05) is 12.0 Å². The summed E-state index contributed by atoms with van der Waals surface area (Å²) in [5, 5.41) is 0. The molecule has 1 aromatic rings. The van der Waals surface area contributed by atoms with E-state index < -0.39 is 0 Å². The van der Waals surface area contributed by atoms with Gasteiger partial charge < -0.3 is 4.90 Å². The largest absolute Gasteiger partial charge is 0.307 e. The lowest BCUT2D eigenvalue weighted by Gasteiger charge is -2.36. The maximum atomic E-state index is 14.5. The van der Waals surface area contributed by atoms with E-state index in [1.807, 2.05) is 20.8 Å². The van der Waals surface area contributed by atoms with E-state index in [1.165, 1.54) is 6.07 Å². The van der Waals surface area contributed by atoms with E-state index in [2.05, 4.69) is 27.7 Å². The highest BCUT2D eigenvalue weighted by molar-refractivity contribution is 5.96. The predicted molar refractivity (Wildman–Crippen MR) is 101 cm³/mol. The van der Waals surface area contributed by atoms with Crippen molar-refractivity contribution >= 4 is 11.6 Å². The third-order valence-corrected chi connectivity index (χ3v) is 4.93. The summed E-state index contributed by atoms with van der Waals surface area (Å²) in [6.07, 6.45) is 4.22.